The first-order chi connectivity index (χ1) is 17.7. The number of fused-ring (bicyclic) bond motifs is 1. The van der Waals surface area contributed by atoms with Gasteiger partial charge in [-0.3, -0.25) is 4.98 Å². The van der Waals surface area contributed by atoms with Crippen molar-refractivity contribution in [2.45, 2.75) is 12.3 Å². The van der Waals surface area contributed by atoms with Gasteiger partial charge in [0.25, 0.3) is 0 Å². The van der Waals surface area contributed by atoms with E-state index in [0.717, 1.165) is 34.9 Å². The first-order valence-electron chi connectivity index (χ1n) is 11.6. The fourth-order valence-electron chi connectivity index (χ4n) is 4.37. The number of hydrogen-bond donors (Lipinski definition) is 1. The van der Waals surface area contributed by atoms with Gasteiger partial charge in [0.1, 0.15) is 29.3 Å². The Morgan fingerprint density at radius 2 is 1.81 bits per heavy atom. The predicted molar refractivity (Wildman–Crippen MR) is 136 cm³/mol. The third-order valence-electron chi connectivity index (χ3n) is 6.25. The zero-order chi connectivity index (χ0) is 24.5. The van der Waals surface area contributed by atoms with E-state index in [-0.39, 0.29) is 0 Å². The number of aromatic nitrogens is 5. The van der Waals surface area contributed by atoms with Crippen molar-refractivity contribution in [2.75, 3.05) is 5.73 Å². The van der Waals surface area contributed by atoms with Gasteiger partial charge in [-0.1, -0.05) is 24.3 Å². The SMILES string of the molecule is N#CC=CC1CC1c1cc(-n2nc(-c3ccc(Oc4ccccc4)cc3)c3c(N)ncnc32)ccn1. The van der Waals surface area contributed by atoms with Crippen molar-refractivity contribution >= 4 is 16.9 Å². The molecule has 0 bridgehead atoms. The summed E-state index contributed by atoms with van der Waals surface area (Å²) >= 11 is 0. The van der Waals surface area contributed by atoms with Crippen LogP contribution in [0.3, 0.4) is 0 Å². The van der Waals surface area contributed by atoms with Crippen molar-refractivity contribution in [3.05, 3.63) is 97.1 Å². The highest BCUT2D eigenvalue weighted by Crippen LogP contribution is 2.48. The molecule has 1 aliphatic carbocycles. The molecule has 1 saturated carbocycles. The summed E-state index contributed by atoms with van der Waals surface area (Å²) < 4.78 is 7.71. The molecule has 0 radical (unpaired) electrons. The molecule has 5 aromatic rings. The van der Waals surface area contributed by atoms with Crippen molar-refractivity contribution in [3.63, 3.8) is 0 Å². The Kier molecular flexibility index (Phi) is 5.35. The lowest BCUT2D eigenvalue weighted by Crippen LogP contribution is -2.01. The van der Waals surface area contributed by atoms with E-state index in [1.807, 2.05) is 72.8 Å². The molecule has 2 N–H and O–H groups in total. The summed E-state index contributed by atoms with van der Waals surface area (Å²) in [5.41, 5.74) is 10.3. The number of benzene rings is 2. The van der Waals surface area contributed by atoms with E-state index >= 15 is 0 Å². The summed E-state index contributed by atoms with van der Waals surface area (Å²) in [6.07, 6.45) is 7.69. The van der Waals surface area contributed by atoms with Gasteiger partial charge in [0.2, 0.25) is 0 Å². The van der Waals surface area contributed by atoms with Gasteiger partial charge in [0.05, 0.1) is 17.1 Å². The zero-order valence-electron chi connectivity index (χ0n) is 19.2. The Morgan fingerprint density at radius 1 is 1.00 bits per heavy atom. The van der Waals surface area contributed by atoms with E-state index in [0.29, 0.717) is 34.4 Å². The molecular weight excluding hydrogens is 450 g/mol. The number of rotatable bonds is 6. The Labute approximate surface area is 207 Å². The minimum absolute atomic E-state index is 0.299. The first kappa shape index (κ1) is 21.5. The monoisotopic (exact) mass is 471 g/mol. The zero-order valence-corrected chi connectivity index (χ0v) is 19.2. The summed E-state index contributed by atoms with van der Waals surface area (Å²) in [6.45, 7) is 0. The lowest BCUT2D eigenvalue weighted by atomic mass is 10.1. The second-order valence-electron chi connectivity index (χ2n) is 8.59. The largest absolute Gasteiger partial charge is 0.457 e. The van der Waals surface area contributed by atoms with Gasteiger partial charge in [0, 0.05) is 29.4 Å². The molecule has 36 heavy (non-hydrogen) atoms. The quantitative estimate of drug-likeness (QED) is 0.328. The third-order valence-corrected chi connectivity index (χ3v) is 6.25. The van der Waals surface area contributed by atoms with Crippen LogP contribution in [-0.4, -0.2) is 24.7 Å². The van der Waals surface area contributed by atoms with Crippen LogP contribution in [0.25, 0.3) is 28.0 Å². The van der Waals surface area contributed by atoms with E-state index in [9.17, 15) is 0 Å². The third kappa shape index (κ3) is 4.03. The molecule has 3 heterocycles. The number of allylic oxidation sites excluding steroid dienone is 2. The molecule has 6 rings (SSSR count). The summed E-state index contributed by atoms with van der Waals surface area (Å²) in [5.74, 6) is 2.50. The molecule has 2 aromatic carbocycles. The average Bonchev–Trinajstić information content (AvgIpc) is 3.59. The molecular formula is C28H21N7O. The van der Waals surface area contributed by atoms with Crippen LogP contribution in [-0.2, 0) is 0 Å². The minimum Gasteiger partial charge on any atom is -0.457 e. The van der Waals surface area contributed by atoms with Crippen molar-refractivity contribution in [1.29, 1.82) is 5.26 Å². The van der Waals surface area contributed by atoms with Gasteiger partial charge >= 0.3 is 0 Å². The number of para-hydroxylation sites is 1. The number of hydrogen-bond acceptors (Lipinski definition) is 7. The molecule has 2 atom stereocenters. The fourth-order valence-corrected chi connectivity index (χ4v) is 4.37. The second-order valence-corrected chi connectivity index (χ2v) is 8.59. The van der Waals surface area contributed by atoms with Crippen LogP contribution in [0, 0.1) is 17.2 Å². The number of pyridine rings is 1. The van der Waals surface area contributed by atoms with Gasteiger partial charge < -0.3 is 10.5 Å². The molecule has 0 saturated heterocycles. The van der Waals surface area contributed by atoms with Crippen molar-refractivity contribution in [2.24, 2.45) is 5.92 Å². The van der Waals surface area contributed by atoms with Crippen LogP contribution in [0.15, 0.2) is 91.4 Å². The van der Waals surface area contributed by atoms with E-state index in [1.165, 1.54) is 12.4 Å². The summed E-state index contributed by atoms with van der Waals surface area (Å²) in [4.78, 5) is 13.3. The number of nitrogens with two attached hydrogens (primary N) is 1. The standard InChI is InChI=1S/C28H21N7O/c29-13-4-5-19-15-23(19)24-16-20(12-14-31-24)35-28-25(27(30)32-17-33-28)26(34-35)18-8-10-22(11-9-18)36-21-6-2-1-3-7-21/h1-12,14,16-17,19,23H,15H2,(H2,30,32,33). The van der Waals surface area contributed by atoms with Gasteiger partial charge in [0.15, 0.2) is 5.65 Å². The Hall–Kier alpha value is -5.03. The number of ether oxygens (including phenoxy) is 1. The number of nitrogens with zero attached hydrogens (tertiary/aromatic N) is 6. The lowest BCUT2D eigenvalue weighted by molar-refractivity contribution is 0.483. The molecule has 1 aliphatic rings. The Balaban J connectivity index is 1.37. The van der Waals surface area contributed by atoms with Crippen molar-refractivity contribution in [1.82, 2.24) is 24.7 Å². The van der Waals surface area contributed by atoms with E-state index in [4.69, 9.17) is 20.8 Å². The van der Waals surface area contributed by atoms with Crippen molar-refractivity contribution < 1.29 is 4.74 Å². The molecule has 8 nitrogen and oxygen atoms in total. The van der Waals surface area contributed by atoms with Crippen LogP contribution in [0.4, 0.5) is 5.82 Å². The molecule has 2 unspecified atom stereocenters. The maximum Gasteiger partial charge on any atom is 0.169 e. The molecule has 0 spiro atoms. The van der Waals surface area contributed by atoms with Crippen LogP contribution >= 0.6 is 0 Å². The smallest absolute Gasteiger partial charge is 0.169 e. The molecule has 1 fully saturated rings. The summed E-state index contributed by atoms with van der Waals surface area (Å²) in [7, 11) is 0. The van der Waals surface area contributed by atoms with Crippen LogP contribution < -0.4 is 10.5 Å². The molecule has 3 aromatic heterocycles. The Bertz CT molecular complexity index is 1620. The first-order valence-corrected chi connectivity index (χ1v) is 11.6. The molecule has 8 heteroatoms. The number of nitrogen functional groups attached to an aromatic ring is 1. The van der Waals surface area contributed by atoms with E-state index < -0.39 is 0 Å². The Morgan fingerprint density at radius 3 is 2.61 bits per heavy atom. The summed E-state index contributed by atoms with van der Waals surface area (Å²) in [5, 5.41) is 14.4. The van der Waals surface area contributed by atoms with Gasteiger partial charge in [-0.2, -0.15) is 10.4 Å². The second kappa shape index (κ2) is 8.96. The maximum absolute atomic E-state index is 8.80. The number of anilines is 1. The number of nitriles is 1. The average molecular weight is 472 g/mol. The van der Waals surface area contributed by atoms with Gasteiger partial charge in [-0.05, 0) is 60.9 Å². The van der Waals surface area contributed by atoms with Gasteiger partial charge in [-0.15, -0.1) is 0 Å². The van der Waals surface area contributed by atoms with Crippen LogP contribution in [0.1, 0.15) is 18.0 Å². The van der Waals surface area contributed by atoms with E-state index in [1.54, 1.807) is 10.9 Å². The maximum atomic E-state index is 8.80. The van der Waals surface area contributed by atoms with Crippen molar-refractivity contribution in [3.8, 4) is 34.5 Å². The highest BCUT2D eigenvalue weighted by Gasteiger charge is 2.37. The van der Waals surface area contributed by atoms with Crippen LogP contribution in [0.2, 0.25) is 0 Å². The molecule has 0 aliphatic heterocycles. The molecule has 174 valence electrons. The molecule has 0 amide bonds. The van der Waals surface area contributed by atoms with Crippen LogP contribution in [0.5, 0.6) is 11.5 Å². The summed E-state index contributed by atoms with van der Waals surface area (Å²) in [6, 6.07) is 23.3. The van der Waals surface area contributed by atoms with Gasteiger partial charge in [-0.25, -0.2) is 14.6 Å². The normalized spacial score (nSPS) is 16.8. The topological polar surface area (TPSA) is 116 Å². The lowest BCUT2D eigenvalue weighted by Gasteiger charge is -2.06. The fraction of sp³-hybridized carbons (Fsp3) is 0.107. The predicted octanol–water partition coefficient (Wildman–Crippen LogP) is 5.44. The highest BCUT2D eigenvalue weighted by molar-refractivity contribution is 5.98. The van der Waals surface area contributed by atoms with E-state index in [2.05, 4.69) is 21.0 Å². The highest BCUT2D eigenvalue weighted by atomic mass is 16.5. The minimum atomic E-state index is 0.299.